The van der Waals surface area contributed by atoms with E-state index in [4.69, 9.17) is 11.6 Å². The summed E-state index contributed by atoms with van der Waals surface area (Å²) >= 11 is 8.42. The van der Waals surface area contributed by atoms with Crippen LogP contribution in [0.4, 0.5) is 8.78 Å². The Bertz CT molecular complexity index is 400. The third-order valence-electron chi connectivity index (χ3n) is 1.58. The number of pyridine rings is 1. The molecule has 0 fully saturated rings. The largest absolute Gasteiger partial charge is 0.464 e. The van der Waals surface area contributed by atoms with E-state index in [1.54, 1.807) is 0 Å². The molecule has 3 nitrogen and oxygen atoms in total. The van der Waals surface area contributed by atoms with E-state index in [0.717, 1.165) is 13.2 Å². The van der Waals surface area contributed by atoms with E-state index in [9.17, 15) is 13.6 Å². The smallest absolute Gasteiger partial charge is 0.356 e. The minimum atomic E-state index is -2.75. The standard InChI is InChI=1S/C8H5BrClF2NO2/c1-15-8(14)4-2-3(7(11)12)5(9)6(10)13-4/h2,7H,1H3. The summed E-state index contributed by atoms with van der Waals surface area (Å²) in [7, 11) is 1.13. The van der Waals surface area contributed by atoms with Crippen LogP contribution in [0.2, 0.25) is 5.15 Å². The van der Waals surface area contributed by atoms with Crippen molar-refractivity contribution in [1.29, 1.82) is 0 Å². The van der Waals surface area contributed by atoms with E-state index < -0.39 is 18.0 Å². The first-order chi connectivity index (χ1) is 6.97. The van der Waals surface area contributed by atoms with Crippen molar-refractivity contribution in [3.8, 4) is 0 Å². The first kappa shape index (κ1) is 12.3. The van der Waals surface area contributed by atoms with Crippen LogP contribution in [-0.4, -0.2) is 18.1 Å². The Kier molecular flexibility index (Phi) is 3.98. The third-order valence-corrected chi connectivity index (χ3v) is 2.91. The molecule has 0 aliphatic heterocycles. The van der Waals surface area contributed by atoms with Crippen molar-refractivity contribution in [2.24, 2.45) is 0 Å². The molecule has 15 heavy (non-hydrogen) atoms. The lowest BCUT2D eigenvalue weighted by atomic mass is 10.2. The molecule has 0 saturated heterocycles. The van der Waals surface area contributed by atoms with Gasteiger partial charge >= 0.3 is 5.97 Å². The van der Waals surface area contributed by atoms with Crippen LogP contribution in [0.15, 0.2) is 10.5 Å². The Balaban J connectivity index is 3.29. The summed E-state index contributed by atoms with van der Waals surface area (Å²) in [5, 5.41) is -0.201. The minimum absolute atomic E-state index is 0.0215. The highest BCUT2D eigenvalue weighted by molar-refractivity contribution is 9.10. The number of carbonyl (C=O) groups is 1. The Morgan fingerprint density at radius 2 is 2.27 bits per heavy atom. The summed E-state index contributed by atoms with van der Waals surface area (Å²) in [6, 6.07) is 0.937. The molecule has 0 aliphatic rings. The van der Waals surface area contributed by atoms with Gasteiger partial charge in [0.15, 0.2) is 5.69 Å². The first-order valence-corrected chi connectivity index (χ1v) is 4.87. The molecule has 1 heterocycles. The van der Waals surface area contributed by atoms with Crippen LogP contribution in [-0.2, 0) is 4.74 Å². The molecule has 0 saturated carbocycles. The molecular weight excluding hydrogens is 295 g/mol. The number of methoxy groups -OCH3 is 1. The van der Waals surface area contributed by atoms with Gasteiger partial charge < -0.3 is 4.74 Å². The van der Waals surface area contributed by atoms with Crippen LogP contribution >= 0.6 is 27.5 Å². The number of rotatable bonds is 2. The lowest BCUT2D eigenvalue weighted by Crippen LogP contribution is -2.06. The molecule has 82 valence electrons. The highest BCUT2D eigenvalue weighted by atomic mass is 79.9. The zero-order valence-corrected chi connectivity index (χ0v) is 9.77. The van der Waals surface area contributed by atoms with E-state index in [2.05, 4.69) is 25.7 Å². The summed E-state index contributed by atoms with van der Waals surface area (Å²) in [4.78, 5) is 14.6. The monoisotopic (exact) mass is 299 g/mol. The van der Waals surface area contributed by atoms with Gasteiger partial charge in [0.05, 0.1) is 11.6 Å². The molecule has 1 aromatic rings. The van der Waals surface area contributed by atoms with Crippen LogP contribution in [0.5, 0.6) is 0 Å². The van der Waals surface area contributed by atoms with Crippen LogP contribution in [0.1, 0.15) is 22.5 Å². The fourth-order valence-electron chi connectivity index (χ4n) is 0.885. The number of aromatic nitrogens is 1. The maximum absolute atomic E-state index is 12.5. The average molecular weight is 300 g/mol. The number of carbonyl (C=O) groups excluding carboxylic acids is 1. The molecule has 7 heteroatoms. The summed E-state index contributed by atoms with van der Waals surface area (Å²) in [6.45, 7) is 0. The normalized spacial score (nSPS) is 10.5. The summed E-state index contributed by atoms with van der Waals surface area (Å²) in [6.07, 6.45) is -2.75. The van der Waals surface area contributed by atoms with Crippen LogP contribution < -0.4 is 0 Å². The second-order valence-electron chi connectivity index (χ2n) is 2.49. The van der Waals surface area contributed by atoms with Crippen molar-refractivity contribution in [3.63, 3.8) is 0 Å². The molecular formula is C8H5BrClF2NO2. The number of ether oxygens (including phenoxy) is 1. The Morgan fingerprint density at radius 1 is 1.67 bits per heavy atom. The zero-order chi connectivity index (χ0) is 11.6. The van der Waals surface area contributed by atoms with E-state index in [-0.39, 0.29) is 15.3 Å². The van der Waals surface area contributed by atoms with Crippen LogP contribution in [0.3, 0.4) is 0 Å². The minimum Gasteiger partial charge on any atom is -0.464 e. The average Bonchev–Trinajstić information content (AvgIpc) is 2.20. The lowest BCUT2D eigenvalue weighted by molar-refractivity contribution is 0.0593. The molecule has 0 bridgehead atoms. The topological polar surface area (TPSA) is 39.2 Å². The predicted molar refractivity (Wildman–Crippen MR) is 53.2 cm³/mol. The predicted octanol–water partition coefficient (Wildman–Crippen LogP) is 3.22. The van der Waals surface area contributed by atoms with Gasteiger partial charge in [0.2, 0.25) is 0 Å². The summed E-state index contributed by atoms with van der Waals surface area (Å²) in [5.74, 6) is -0.814. The molecule has 1 aromatic heterocycles. The number of nitrogens with zero attached hydrogens (tertiary/aromatic N) is 1. The lowest BCUT2D eigenvalue weighted by Gasteiger charge is -2.06. The quantitative estimate of drug-likeness (QED) is 0.622. The summed E-state index contributed by atoms with van der Waals surface area (Å²) < 4.78 is 29.3. The van der Waals surface area contributed by atoms with Crippen molar-refractivity contribution in [3.05, 3.63) is 26.9 Å². The van der Waals surface area contributed by atoms with E-state index in [1.165, 1.54) is 0 Å². The number of halogens is 4. The van der Waals surface area contributed by atoms with Gasteiger partial charge in [0.1, 0.15) is 5.15 Å². The molecule has 0 amide bonds. The molecule has 1 rings (SSSR count). The fraction of sp³-hybridized carbons (Fsp3) is 0.250. The van der Waals surface area contributed by atoms with E-state index in [0.29, 0.717) is 0 Å². The molecule has 0 aliphatic carbocycles. The number of hydrogen-bond donors (Lipinski definition) is 0. The number of hydrogen-bond acceptors (Lipinski definition) is 3. The van der Waals surface area contributed by atoms with Crippen molar-refractivity contribution < 1.29 is 18.3 Å². The van der Waals surface area contributed by atoms with Gasteiger partial charge in [-0.2, -0.15) is 0 Å². The van der Waals surface area contributed by atoms with Gasteiger partial charge in [-0.05, 0) is 22.0 Å². The highest BCUT2D eigenvalue weighted by Crippen LogP contribution is 2.32. The second kappa shape index (κ2) is 4.85. The van der Waals surface area contributed by atoms with Gasteiger partial charge in [-0.1, -0.05) is 11.6 Å². The van der Waals surface area contributed by atoms with Crippen molar-refractivity contribution in [2.75, 3.05) is 7.11 Å². The van der Waals surface area contributed by atoms with Crippen molar-refractivity contribution >= 4 is 33.5 Å². The SMILES string of the molecule is COC(=O)c1cc(C(F)F)c(Br)c(Cl)n1. The Labute approximate surface area is 97.5 Å². The van der Waals surface area contributed by atoms with Crippen molar-refractivity contribution in [2.45, 2.75) is 6.43 Å². The van der Waals surface area contributed by atoms with Crippen molar-refractivity contribution in [1.82, 2.24) is 4.98 Å². The van der Waals surface area contributed by atoms with E-state index in [1.807, 2.05) is 0 Å². The number of esters is 1. The first-order valence-electron chi connectivity index (χ1n) is 3.69. The molecule has 0 aromatic carbocycles. The molecule has 0 atom stereocenters. The summed E-state index contributed by atoms with van der Waals surface area (Å²) in [5.41, 5.74) is -0.642. The fourth-order valence-corrected chi connectivity index (χ4v) is 1.46. The highest BCUT2D eigenvalue weighted by Gasteiger charge is 2.19. The van der Waals surface area contributed by atoms with Crippen LogP contribution in [0.25, 0.3) is 0 Å². The zero-order valence-electron chi connectivity index (χ0n) is 7.43. The molecule has 0 N–H and O–H groups in total. The molecule has 0 spiro atoms. The second-order valence-corrected chi connectivity index (χ2v) is 3.64. The number of alkyl halides is 2. The maximum atomic E-state index is 12.5. The van der Waals surface area contributed by atoms with Gasteiger partial charge in [0, 0.05) is 5.56 Å². The van der Waals surface area contributed by atoms with Gasteiger partial charge in [-0.25, -0.2) is 18.6 Å². The van der Waals surface area contributed by atoms with Gasteiger partial charge in [0.25, 0.3) is 6.43 Å². The van der Waals surface area contributed by atoms with E-state index >= 15 is 0 Å². The molecule has 0 unspecified atom stereocenters. The maximum Gasteiger partial charge on any atom is 0.356 e. The Morgan fingerprint density at radius 3 is 2.73 bits per heavy atom. The Hall–Kier alpha value is -0.750. The van der Waals surface area contributed by atoms with Gasteiger partial charge in [-0.3, -0.25) is 0 Å². The molecule has 0 radical (unpaired) electrons. The van der Waals surface area contributed by atoms with Gasteiger partial charge in [-0.15, -0.1) is 0 Å². The van der Waals surface area contributed by atoms with Crippen LogP contribution in [0, 0.1) is 0 Å². The third kappa shape index (κ3) is 2.63.